The summed E-state index contributed by atoms with van der Waals surface area (Å²) >= 11 is 0. The van der Waals surface area contributed by atoms with Gasteiger partial charge in [0.05, 0.1) is 0 Å². The largest absolute Gasteiger partial charge is 0.326 e. The van der Waals surface area contributed by atoms with E-state index in [-0.39, 0.29) is 11.9 Å². The Kier molecular flexibility index (Phi) is 1.61. The highest BCUT2D eigenvalue weighted by Crippen LogP contribution is 2.35. The van der Waals surface area contributed by atoms with Crippen molar-refractivity contribution >= 4 is 11.6 Å². The van der Waals surface area contributed by atoms with E-state index in [4.69, 9.17) is 0 Å². The fourth-order valence-electron chi connectivity index (χ4n) is 2.40. The van der Waals surface area contributed by atoms with Crippen molar-refractivity contribution < 1.29 is 4.79 Å². The van der Waals surface area contributed by atoms with Gasteiger partial charge in [-0.1, -0.05) is 12.1 Å². The number of anilines is 1. The van der Waals surface area contributed by atoms with E-state index in [1.165, 1.54) is 11.1 Å². The second-order valence-corrected chi connectivity index (χ2v) is 3.89. The third-order valence-corrected chi connectivity index (χ3v) is 2.99. The number of rotatable bonds is 0. The molecule has 72 valence electrons. The van der Waals surface area contributed by atoms with Gasteiger partial charge in [0.2, 0.25) is 5.91 Å². The quantitative estimate of drug-likeness (QED) is 0.642. The van der Waals surface area contributed by atoms with Crippen LogP contribution in [-0.4, -0.2) is 12.5 Å². The number of amides is 1. The summed E-state index contributed by atoms with van der Waals surface area (Å²) in [6.45, 7) is 0.981. The van der Waals surface area contributed by atoms with Crippen LogP contribution < -0.4 is 10.6 Å². The first-order valence-corrected chi connectivity index (χ1v) is 4.99. The summed E-state index contributed by atoms with van der Waals surface area (Å²) in [6.07, 6.45) is 1.64. The van der Waals surface area contributed by atoms with Crippen LogP contribution in [-0.2, 0) is 11.2 Å². The van der Waals surface area contributed by atoms with Crippen molar-refractivity contribution in [1.29, 1.82) is 0 Å². The molecule has 3 nitrogen and oxygen atoms in total. The second-order valence-electron chi connectivity index (χ2n) is 3.89. The van der Waals surface area contributed by atoms with E-state index in [1.54, 1.807) is 0 Å². The zero-order chi connectivity index (χ0) is 9.54. The Morgan fingerprint density at radius 3 is 3.21 bits per heavy atom. The van der Waals surface area contributed by atoms with Crippen molar-refractivity contribution in [1.82, 2.24) is 5.32 Å². The van der Waals surface area contributed by atoms with Crippen LogP contribution in [0.3, 0.4) is 0 Å². The fraction of sp³-hybridized carbons (Fsp3) is 0.364. The van der Waals surface area contributed by atoms with Gasteiger partial charge in [0, 0.05) is 18.2 Å². The number of carbonyl (C=O) groups excluding carboxylic acids is 1. The fourth-order valence-corrected chi connectivity index (χ4v) is 2.40. The van der Waals surface area contributed by atoms with Gasteiger partial charge in [-0.25, -0.2) is 0 Å². The number of carbonyl (C=O) groups is 1. The summed E-state index contributed by atoms with van der Waals surface area (Å²) < 4.78 is 0. The Morgan fingerprint density at radius 1 is 1.36 bits per heavy atom. The van der Waals surface area contributed by atoms with E-state index >= 15 is 0 Å². The molecule has 0 saturated carbocycles. The van der Waals surface area contributed by atoms with Crippen molar-refractivity contribution in [2.45, 2.75) is 18.9 Å². The van der Waals surface area contributed by atoms with Gasteiger partial charge in [-0.3, -0.25) is 4.79 Å². The monoisotopic (exact) mass is 188 g/mol. The molecule has 2 N–H and O–H groups in total. The normalized spacial score (nSPS) is 24.0. The van der Waals surface area contributed by atoms with E-state index in [2.05, 4.69) is 16.7 Å². The van der Waals surface area contributed by atoms with Crippen LogP contribution in [0.4, 0.5) is 5.69 Å². The van der Waals surface area contributed by atoms with E-state index in [0.717, 1.165) is 18.7 Å². The molecule has 1 unspecified atom stereocenters. The number of benzene rings is 1. The maximum absolute atomic E-state index is 11.4. The molecular weight excluding hydrogens is 176 g/mol. The van der Waals surface area contributed by atoms with Crippen LogP contribution in [0.1, 0.15) is 23.6 Å². The highest BCUT2D eigenvalue weighted by atomic mass is 16.1. The number of hydrogen-bond acceptors (Lipinski definition) is 2. The van der Waals surface area contributed by atoms with Gasteiger partial charge in [-0.15, -0.1) is 0 Å². The van der Waals surface area contributed by atoms with Gasteiger partial charge in [-0.05, 0) is 30.2 Å². The van der Waals surface area contributed by atoms with Crippen LogP contribution in [0.5, 0.6) is 0 Å². The molecule has 0 bridgehead atoms. The SMILES string of the molecule is O=C1CC2NCCc3cccc(c32)N1. The summed E-state index contributed by atoms with van der Waals surface area (Å²) in [5.41, 5.74) is 3.68. The van der Waals surface area contributed by atoms with Crippen molar-refractivity contribution in [3.63, 3.8) is 0 Å². The molecular formula is C11H12N2O. The first-order valence-electron chi connectivity index (χ1n) is 4.99. The van der Waals surface area contributed by atoms with Crippen LogP contribution in [0.15, 0.2) is 18.2 Å². The molecule has 0 spiro atoms. The average Bonchev–Trinajstić information content (AvgIpc) is 2.18. The molecule has 1 aromatic carbocycles. The minimum absolute atomic E-state index is 0.119. The highest BCUT2D eigenvalue weighted by Gasteiger charge is 2.29. The maximum Gasteiger partial charge on any atom is 0.226 e. The smallest absolute Gasteiger partial charge is 0.226 e. The second kappa shape index (κ2) is 2.82. The Balaban J connectivity index is 2.18. The summed E-state index contributed by atoms with van der Waals surface area (Å²) in [7, 11) is 0. The average molecular weight is 188 g/mol. The molecule has 14 heavy (non-hydrogen) atoms. The van der Waals surface area contributed by atoms with Crippen molar-refractivity contribution in [2.75, 3.05) is 11.9 Å². The van der Waals surface area contributed by atoms with Gasteiger partial charge in [0.25, 0.3) is 0 Å². The summed E-state index contributed by atoms with van der Waals surface area (Å²) in [6, 6.07) is 6.39. The molecule has 2 aliphatic heterocycles. The van der Waals surface area contributed by atoms with Crippen molar-refractivity contribution in [3.8, 4) is 0 Å². The van der Waals surface area contributed by atoms with Crippen molar-refractivity contribution in [3.05, 3.63) is 29.3 Å². The molecule has 0 saturated heterocycles. The van der Waals surface area contributed by atoms with Crippen molar-refractivity contribution in [2.24, 2.45) is 0 Å². The topological polar surface area (TPSA) is 41.1 Å². The molecule has 1 aromatic rings. The molecule has 2 aliphatic rings. The van der Waals surface area contributed by atoms with Crippen LogP contribution in [0.25, 0.3) is 0 Å². The minimum atomic E-state index is 0.119. The van der Waals surface area contributed by atoms with E-state index in [0.29, 0.717) is 6.42 Å². The summed E-state index contributed by atoms with van der Waals surface area (Å²) in [5, 5.41) is 6.31. The third kappa shape index (κ3) is 1.06. The number of nitrogens with one attached hydrogen (secondary N) is 2. The van der Waals surface area contributed by atoms with E-state index in [1.807, 2.05) is 12.1 Å². The lowest BCUT2D eigenvalue weighted by molar-refractivity contribution is -0.117. The zero-order valence-corrected chi connectivity index (χ0v) is 7.84. The zero-order valence-electron chi connectivity index (χ0n) is 7.84. The first-order chi connectivity index (χ1) is 6.84. The van der Waals surface area contributed by atoms with Gasteiger partial charge in [-0.2, -0.15) is 0 Å². The predicted octanol–water partition coefficient (Wildman–Crippen LogP) is 1.22. The van der Waals surface area contributed by atoms with Crippen LogP contribution >= 0.6 is 0 Å². The van der Waals surface area contributed by atoms with Crippen LogP contribution in [0, 0.1) is 0 Å². The lowest BCUT2D eigenvalue weighted by Gasteiger charge is -2.32. The molecule has 0 fully saturated rings. The molecule has 2 heterocycles. The third-order valence-electron chi connectivity index (χ3n) is 2.99. The van der Waals surface area contributed by atoms with Gasteiger partial charge >= 0.3 is 0 Å². The molecule has 0 aromatic heterocycles. The lowest BCUT2D eigenvalue weighted by atomic mass is 9.88. The summed E-state index contributed by atoms with van der Waals surface area (Å²) in [4.78, 5) is 11.4. The molecule has 0 radical (unpaired) electrons. The highest BCUT2D eigenvalue weighted by molar-refractivity contribution is 5.95. The predicted molar refractivity (Wildman–Crippen MR) is 54.1 cm³/mol. The minimum Gasteiger partial charge on any atom is -0.326 e. The maximum atomic E-state index is 11.4. The standard InChI is InChI=1S/C11H12N2O/c14-10-6-9-11-7(4-5-12-9)2-1-3-8(11)13-10/h1-3,9,12H,4-6H2,(H,13,14). The Labute approximate surface area is 82.5 Å². The Morgan fingerprint density at radius 2 is 2.29 bits per heavy atom. The molecule has 3 rings (SSSR count). The van der Waals surface area contributed by atoms with E-state index in [9.17, 15) is 4.79 Å². The summed E-state index contributed by atoms with van der Waals surface area (Å²) in [5.74, 6) is 0.119. The Bertz CT molecular complexity index is 400. The van der Waals surface area contributed by atoms with Gasteiger partial charge < -0.3 is 10.6 Å². The van der Waals surface area contributed by atoms with Gasteiger partial charge in [0.1, 0.15) is 0 Å². The molecule has 0 aliphatic carbocycles. The van der Waals surface area contributed by atoms with Crippen LogP contribution in [0.2, 0.25) is 0 Å². The first kappa shape index (κ1) is 8.00. The van der Waals surface area contributed by atoms with E-state index < -0.39 is 0 Å². The molecule has 1 atom stereocenters. The molecule has 1 amide bonds. The number of hydrogen-bond donors (Lipinski definition) is 2. The molecule has 3 heteroatoms. The van der Waals surface area contributed by atoms with Gasteiger partial charge in [0.15, 0.2) is 0 Å². The Hall–Kier alpha value is -1.35. The lowest BCUT2D eigenvalue weighted by Crippen LogP contribution is -2.36.